The van der Waals surface area contributed by atoms with E-state index in [2.05, 4.69) is 11.4 Å². The van der Waals surface area contributed by atoms with Crippen molar-refractivity contribution in [2.75, 3.05) is 19.5 Å². The lowest BCUT2D eigenvalue weighted by Crippen LogP contribution is -2.33. The van der Waals surface area contributed by atoms with Crippen molar-refractivity contribution in [3.8, 4) is 23.3 Å². The van der Waals surface area contributed by atoms with E-state index in [0.717, 1.165) is 21.9 Å². The van der Waals surface area contributed by atoms with Gasteiger partial charge in [0.25, 0.3) is 0 Å². The van der Waals surface area contributed by atoms with Crippen LogP contribution in [0.25, 0.3) is 5.69 Å². The fourth-order valence-electron chi connectivity index (χ4n) is 3.47. The molecule has 1 aliphatic rings. The van der Waals surface area contributed by atoms with Crippen LogP contribution in [0.1, 0.15) is 16.4 Å². The molecule has 8 heteroatoms. The second-order valence-electron chi connectivity index (χ2n) is 6.46. The van der Waals surface area contributed by atoms with Crippen molar-refractivity contribution < 1.29 is 14.3 Å². The molecule has 1 N–H and O–H groups in total. The van der Waals surface area contributed by atoms with Gasteiger partial charge in [0.15, 0.2) is 3.95 Å². The average Bonchev–Trinajstić information content (AvgIpc) is 3.08. The van der Waals surface area contributed by atoms with Crippen LogP contribution in [0.2, 0.25) is 0 Å². The van der Waals surface area contributed by atoms with E-state index >= 15 is 0 Å². The Labute approximate surface area is 176 Å². The molecule has 0 radical (unpaired) electrons. The zero-order valence-electron chi connectivity index (χ0n) is 15.7. The predicted molar refractivity (Wildman–Crippen MR) is 114 cm³/mol. The van der Waals surface area contributed by atoms with Crippen LogP contribution in [0.4, 0.5) is 5.82 Å². The number of carbonyl (C=O) groups is 1. The Morgan fingerprint density at radius 1 is 1.07 bits per heavy atom. The molecule has 29 heavy (non-hydrogen) atoms. The number of aromatic nitrogens is 1. The fraction of sp³-hybridized carbons (Fsp3) is 0.190. The van der Waals surface area contributed by atoms with Crippen molar-refractivity contribution in [3.05, 3.63) is 62.9 Å². The molecule has 0 bridgehead atoms. The van der Waals surface area contributed by atoms with Gasteiger partial charge < -0.3 is 14.8 Å². The maximum absolute atomic E-state index is 12.8. The van der Waals surface area contributed by atoms with Crippen molar-refractivity contribution in [1.29, 1.82) is 5.26 Å². The van der Waals surface area contributed by atoms with Crippen molar-refractivity contribution in [3.63, 3.8) is 0 Å². The van der Waals surface area contributed by atoms with Gasteiger partial charge in [-0.25, -0.2) is 0 Å². The van der Waals surface area contributed by atoms with Gasteiger partial charge in [-0.2, -0.15) is 5.26 Å². The maximum Gasteiger partial charge on any atom is 0.243 e. The van der Waals surface area contributed by atoms with Crippen LogP contribution in [0.3, 0.4) is 0 Å². The van der Waals surface area contributed by atoms with Crippen LogP contribution in [-0.2, 0) is 4.79 Å². The smallest absolute Gasteiger partial charge is 0.243 e. The summed E-state index contributed by atoms with van der Waals surface area (Å²) in [7, 11) is 3.20. The number of hydrogen-bond donors (Lipinski definition) is 1. The highest BCUT2D eigenvalue weighted by atomic mass is 32.1. The lowest BCUT2D eigenvalue weighted by atomic mass is 9.83. The van der Waals surface area contributed by atoms with Crippen LogP contribution in [-0.4, -0.2) is 24.7 Å². The number of carbonyl (C=O) groups excluding carboxylic acids is 1. The highest BCUT2D eigenvalue weighted by molar-refractivity contribution is 7.73. The Morgan fingerprint density at radius 2 is 1.66 bits per heavy atom. The molecule has 3 aromatic rings. The highest BCUT2D eigenvalue weighted by Crippen LogP contribution is 2.45. The average molecular weight is 424 g/mol. The molecule has 2 heterocycles. The highest BCUT2D eigenvalue weighted by Gasteiger charge is 2.40. The third kappa shape index (κ3) is 3.28. The summed E-state index contributed by atoms with van der Waals surface area (Å²) in [6.45, 7) is 0. The van der Waals surface area contributed by atoms with E-state index in [9.17, 15) is 10.1 Å². The van der Waals surface area contributed by atoms with E-state index in [1.807, 2.05) is 53.1 Å². The molecule has 0 fully saturated rings. The first kappa shape index (κ1) is 19.2. The number of rotatable bonds is 4. The number of benzene rings is 2. The number of amides is 1. The minimum atomic E-state index is -0.840. The van der Waals surface area contributed by atoms with E-state index in [-0.39, 0.29) is 5.91 Å². The van der Waals surface area contributed by atoms with Crippen LogP contribution in [0.5, 0.6) is 11.5 Å². The van der Waals surface area contributed by atoms with Gasteiger partial charge >= 0.3 is 0 Å². The molecular weight excluding hydrogens is 406 g/mol. The van der Waals surface area contributed by atoms with Crippen molar-refractivity contribution in [1.82, 2.24) is 4.57 Å². The molecule has 0 saturated carbocycles. The zero-order chi connectivity index (χ0) is 20.5. The summed E-state index contributed by atoms with van der Waals surface area (Å²) in [4.78, 5) is 13.6. The number of nitrogens with zero attached hydrogens (tertiary/aromatic N) is 2. The standard InChI is InChI=1S/C21H17N3O3S2/c1-26-14-7-3-12(4-8-14)17-16(11-22)20(25)23-19-18(17)29-21(28)24(19)13-5-9-15(27-2)10-6-13/h3-10,16-17H,1-2H3,(H,23,25). The summed E-state index contributed by atoms with van der Waals surface area (Å²) >= 11 is 7.02. The number of fused-ring (bicyclic) bond motifs is 1. The van der Waals surface area contributed by atoms with Gasteiger partial charge in [0, 0.05) is 11.6 Å². The summed E-state index contributed by atoms with van der Waals surface area (Å²) in [5, 5.41) is 12.6. The second kappa shape index (κ2) is 7.70. The van der Waals surface area contributed by atoms with E-state index < -0.39 is 11.8 Å². The van der Waals surface area contributed by atoms with Gasteiger partial charge in [0.1, 0.15) is 23.2 Å². The summed E-state index contributed by atoms with van der Waals surface area (Å²) in [5.74, 6) is 0.479. The Bertz CT molecular complexity index is 1160. The van der Waals surface area contributed by atoms with E-state index in [1.165, 1.54) is 11.3 Å². The number of anilines is 1. The molecule has 1 aromatic heterocycles. The largest absolute Gasteiger partial charge is 0.497 e. The van der Waals surface area contributed by atoms with Gasteiger partial charge in [-0.05, 0) is 54.2 Å². The number of methoxy groups -OCH3 is 2. The number of nitrogens with one attached hydrogen (secondary N) is 1. The van der Waals surface area contributed by atoms with Crippen molar-refractivity contribution >= 4 is 35.3 Å². The normalized spacial score (nSPS) is 17.8. The first-order chi connectivity index (χ1) is 14.1. The van der Waals surface area contributed by atoms with Gasteiger partial charge in [0.05, 0.1) is 25.2 Å². The molecule has 2 atom stereocenters. The quantitative estimate of drug-likeness (QED) is 0.625. The molecule has 0 aliphatic carbocycles. The Balaban J connectivity index is 1.87. The maximum atomic E-state index is 12.8. The zero-order valence-corrected chi connectivity index (χ0v) is 17.3. The lowest BCUT2D eigenvalue weighted by Gasteiger charge is -2.27. The number of thiazole rings is 1. The Morgan fingerprint density at radius 3 is 2.21 bits per heavy atom. The van der Waals surface area contributed by atoms with Crippen molar-refractivity contribution in [2.24, 2.45) is 5.92 Å². The molecule has 2 unspecified atom stereocenters. The van der Waals surface area contributed by atoms with Crippen LogP contribution < -0.4 is 14.8 Å². The predicted octanol–water partition coefficient (Wildman–Crippen LogP) is 4.51. The van der Waals surface area contributed by atoms with Crippen LogP contribution >= 0.6 is 23.6 Å². The summed E-state index contributed by atoms with van der Waals surface area (Å²) in [6, 6.07) is 17.0. The second-order valence-corrected chi connectivity index (χ2v) is 8.14. The van der Waals surface area contributed by atoms with Gasteiger partial charge in [-0.3, -0.25) is 9.36 Å². The minimum Gasteiger partial charge on any atom is -0.497 e. The first-order valence-electron chi connectivity index (χ1n) is 8.82. The molecule has 1 aliphatic heterocycles. The Kier molecular flexibility index (Phi) is 5.09. The fourth-order valence-corrected chi connectivity index (χ4v) is 5.05. The topological polar surface area (TPSA) is 76.3 Å². The third-order valence-electron chi connectivity index (χ3n) is 4.92. The minimum absolute atomic E-state index is 0.337. The van der Waals surface area contributed by atoms with Gasteiger partial charge in [-0.15, -0.1) is 11.3 Å². The van der Waals surface area contributed by atoms with Crippen LogP contribution in [0.15, 0.2) is 48.5 Å². The molecule has 2 aromatic carbocycles. The Hall–Kier alpha value is -3.15. The third-order valence-corrected chi connectivity index (χ3v) is 6.38. The lowest BCUT2D eigenvalue weighted by molar-refractivity contribution is -0.119. The van der Waals surface area contributed by atoms with Gasteiger partial charge in [0.2, 0.25) is 5.91 Å². The summed E-state index contributed by atoms with van der Waals surface area (Å²) in [6.07, 6.45) is 0. The molecule has 4 rings (SSSR count). The SMILES string of the molecule is COc1ccc(C2c3sc(=S)n(-c4ccc(OC)cc4)c3NC(=O)C2C#N)cc1. The molecule has 0 saturated heterocycles. The molecule has 1 amide bonds. The van der Waals surface area contributed by atoms with Gasteiger partial charge in [-0.1, -0.05) is 12.1 Å². The van der Waals surface area contributed by atoms with E-state index in [1.54, 1.807) is 14.2 Å². The number of nitriles is 1. The van der Waals surface area contributed by atoms with E-state index in [0.29, 0.717) is 15.5 Å². The summed E-state index contributed by atoms with van der Waals surface area (Å²) < 4.78 is 12.9. The van der Waals surface area contributed by atoms with Crippen molar-refractivity contribution in [2.45, 2.75) is 5.92 Å². The van der Waals surface area contributed by atoms with Crippen LogP contribution in [0, 0.1) is 21.2 Å². The molecule has 6 nitrogen and oxygen atoms in total. The molecular formula is C21H17N3O3S2. The monoisotopic (exact) mass is 423 g/mol. The first-order valence-corrected chi connectivity index (χ1v) is 10.0. The summed E-state index contributed by atoms with van der Waals surface area (Å²) in [5.41, 5.74) is 1.68. The molecule has 146 valence electrons. The van der Waals surface area contributed by atoms with E-state index in [4.69, 9.17) is 21.7 Å². The molecule has 0 spiro atoms. The number of ether oxygens (including phenoxy) is 2. The number of hydrogen-bond acceptors (Lipinski definition) is 6.